The number of halogens is 6. The number of amides is 3. The molecule has 0 spiro atoms. The first kappa shape index (κ1) is 32.7. The van der Waals surface area contributed by atoms with Crippen LogP contribution in [0.2, 0.25) is 0 Å². The number of carbonyl (C=O) groups is 2. The van der Waals surface area contributed by atoms with Crippen molar-refractivity contribution in [3.05, 3.63) is 23.5 Å². The maximum atomic E-state index is 13.7. The fourth-order valence-corrected chi connectivity index (χ4v) is 8.74. The highest BCUT2D eigenvalue weighted by molar-refractivity contribution is 7.87. The molecule has 0 aliphatic heterocycles. The lowest BCUT2D eigenvalue weighted by Crippen LogP contribution is -2.55. The van der Waals surface area contributed by atoms with Gasteiger partial charge in [-0.2, -0.15) is 34.8 Å². The number of rotatable bonds is 6. The standard InChI is InChI=1S/C28H38F6N2O5S/c1-5-35(6-2)24(38)36(16-27(29,30)31)23(37)22-10-9-20-19-8-7-17-15-18(41-42(39,40)28(32,33)34)11-13-25(17,3)21(19)12-14-26(20,22)4/h7,15,19-22H,5-6,8-14,16H2,1-4H3/t19-,20-,21-,22+,25-,26-/m0/s1. The van der Waals surface area contributed by atoms with Gasteiger partial charge in [0.15, 0.2) is 0 Å². The number of fused-ring (bicyclic) bond motifs is 5. The predicted molar refractivity (Wildman–Crippen MR) is 141 cm³/mol. The molecule has 0 saturated heterocycles. The Bertz CT molecular complexity index is 1260. The molecule has 4 aliphatic carbocycles. The summed E-state index contributed by atoms with van der Waals surface area (Å²) in [5, 5.41) is 0. The van der Waals surface area contributed by atoms with Gasteiger partial charge in [-0.1, -0.05) is 19.9 Å². The normalized spacial score (nSPS) is 33.0. The highest BCUT2D eigenvalue weighted by atomic mass is 32.2. The molecule has 0 unspecified atom stereocenters. The van der Waals surface area contributed by atoms with Crippen molar-refractivity contribution >= 4 is 22.1 Å². The van der Waals surface area contributed by atoms with Gasteiger partial charge in [-0.15, -0.1) is 0 Å². The molecule has 14 heteroatoms. The Morgan fingerprint density at radius 2 is 1.64 bits per heavy atom. The number of nitrogens with zero attached hydrogens (tertiary/aromatic N) is 2. The second-order valence-corrected chi connectivity index (χ2v) is 14.0. The van der Waals surface area contributed by atoms with E-state index in [4.69, 9.17) is 0 Å². The van der Waals surface area contributed by atoms with E-state index < -0.39 is 57.0 Å². The molecule has 42 heavy (non-hydrogen) atoms. The largest absolute Gasteiger partial charge is 0.534 e. The Balaban J connectivity index is 1.59. The molecule has 0 aromatic heterocycles. The van der Waals surface area contributed by atoms with Crippen molar-refractivity contribution in [3.8, 4) is 0 Å². The lowest BCUT2D eigenvalue weighted by Gasteiger charge is -2.57. The number of alkyl halides is 6. The van der Waals surface area contributed by atoms with E-state index in [1.54, 1.807) is 13.8 Å². The maximum Gasteiger partial charge on any atom is 0.534 e. The lowest BCUT2D eigenvalue weighted by atomic mass is 9.48. The summed E-state index contributed by atoms with van der Waals surface area (Å²) in [5.41, 5.74) is -5.89. The highest BCUT2D eigenvalue weighted by Gasteiger charge is 2.61. The van der Waals surface area contributed by atoms with Crippen LogP contribution in [0, 0.1) is 34.5 Å². The molecule has 0 bridgehead atoms. The topological polar surface area (TPSA) is 84.0 Å². The number of hydrogen-bond donors (Lipinski definition) is 0. The molecule has 0 aromatic carbocycles. The average molecular weight is 629 g/mol. The molecular weight excluding hydrogens is 590 g/mol. The van der Waals surface area contributed by atoms with E-state index in [-0.39, 0.29) is 43.0 Å². The van der Waals surface area contributed by atoms with Gasteiger partial charge < -0.3 is 9.08 Å². The van der Waals surface area contributed by atoms with Gasteiger partial charge in [0.2, 0.25) is 5.91 Å². The van der Waals surface area contributed by atoms with Crippen LogP contribution in [0.1, 0.15) is 72.6 Å². The van der Waals surface area contributed by atoms with Crippen LogP contribution >= 0.6 is 0 Å². The Kier molecular flexibility index (Phi) is 8.58. The lowest BCUT2D eigenvalue weighted by molar-refractivity contribution is -0.162. The van der Waals surface area contributed by atoms with Crippen molar-refractivity contribution in [2.24, 2.45) is 34.5 Å². The van der Waals surface area contributed by atoms with Crippen LogP contribution in [-0.4, -0.2) is 61.5 Å². The van der Waals surface area contributed by atoms with E-state index in [1.165, 1.54) is 11.0 Å². The number of hydrogen-bond acceptors (Lipinski definition) is 5. The van der Waals surface area contributed by atoms with Gasteiger partial charge in [-0.05, 0) is 92.6 Å². The van der Waals surface area contributed by atoms with Gasteiger partial charge in [-0.3, -0.25) is 9.69 Å². The third-order valence-corrected chi connectivity index (χ3v) is 11.4. The van der Waals surface area contributed by atoms with Crippen LogP contribution in [0.3, 0.4) is 0 Å². The van der Waals surface area contributed by atoms with Crippen LogP contribution < -0.4 is 0 Å². The summed E-state index contributed by atoms with van der Waals surface area (Å²) < 4.78 is 107. The predicted octanol–water partition coefficient (Wildman–Crippen LogP) is 6.78. The van der Waals surface area contributed by atoms with Crippen LogP contribution in [0.15, 0.2) is 23.5 Å². The zero-order chi connectivity index (χ0) is 31.5. The van der Waals surface area contributed by atoms with Crippen molar-refractivity contribution in [2.75, 3.05) is 19.6 Å². The quantitative estimate of drug-likeness (QED) is 0.184. The fraction of sp³-hybridized carbons (Fsp3) is 0.786. The highest BCUT2D eigenvalue weighted by Crippen LogP contribution is 2.66. The maximum absolute atomic E-state index is 13.7. The van der Waals surface area contributed by atoms with E-state index in [0.29, 0.717) is 43.4 Å². The molecule has 0 aromatic rings. The Hall–Kier alpha value is -2.25. The Labute approximate surface area is 242 Å². The molecule has 6 atom stereocenters. The molecule has 4 rings (SSSR count). The van der Waals surface area contributed by atoms with Gasteiger partial charge in [0.1, 0.15) is 12.3 Å². The molecule has 7 nitrogen and oxygen atoms in total. The minimum Gasteiger partial charge on any atom is -0.381 e. The molecule has 4 aliphatic rings. The molecule has 2 saturated carbocycles. The van der Waals surface area contributed by atoms with Crippen LogP contribution in [0.25, 0.3) is 0 Å². The van der Waals surface area contributed by atoms with Crippen molar-refractivity contribution < 1.29 is 48.5 Å². The van der Waals surface area contributed by atoms with E-state index in [0.717, 1.165) is 5.57 Å². The monoisotopic (exact) mass is 628 g/mol. The van der Waals surface area contributed by atoms with Crippen molar-refractivity contribution in [2.45, 2.75) is 84.3 Å². The SMILES string of the molecule is CCN(CC)C(=O)N(CC(F)(F)F)C(=O)[C@H]1CC[C@H]2[C@@H]3CC=C4C=C(OS(=O)(=O)C(F)(F)F)CC[C@]4(C)[C@H]3CC[C@]12C. The van der Waals surface area contributed by atoms with E-state index in [9.17, 15) is 44.3 Å². The van der Waals surface area contributed by atoms with Crippen LogP contribution in [0.5, 0.6) is 0 Å². The van der Waals surface area contributed by atoms with Crippen molar-refractivity contribution in [1.29, 1.82) is 0 Å². The minimum atomic E-state index is -5.78. The third-order valence-electron chi connectivity index (χ3n) is 10.4. The number of urea groups is 1. The van der Waals surface area contributed by atoms with E-state index >= 15 is 0 Å². The van der Waals surface area contributed by atoms with Gasteiger partial charge in [0.25, 0.3) is 0 Å². The van der Waals surface area contributed by atoms with E-state index in [2.05, 4.69) is 4.18 Å². The van der Waals surface area contributed by atoms with E-state index in [1.807, 2.05) is 19.9 Å². The zero-order valence-electron chi connectivity index (χ0n) is 24.1. The summed E-state index contributed by atoms with van der Waals surface area (Å²) in [6.45, 7) is 5.92. The van der Waals surface area contributed by atoms with Gasteiger partial charge in [0.05, 0.1) is 0 Å². The fourth-order valence-electron chi connectivity index (χ4n) is 8.23. The first-order chi connectivity index (χ1) is 19.3. The zero-order valence-corrected chi connectivity index (χ0v) is 25.0. The number of allylic oxidation sites excluding steroid dienone is 4. The third kappa shape index (κ3) is 5.68. The van der Waals surface area contributed by atoms with Gasteiger partial charge in [-0.25, -0.2) is 4.79 Å². The average Bonchev–Trinajstić information content (AvgIpc) is 3.23. The molecule has 238 valence electrons. The summed E-state index contributed by atoms with van der Waals surface area (Å²) >= 11 is 0. The molecule has 3 amide bonds. The summed E-state index contributed by atoms with van der Waals surface area (Å²) in [6.07, 6.45) is 1.64. The number of imide groups is 1. The second kappa shape index (κ2) is 11.0. The molecular formula is C28H38F6N2O5S. The van der Waals surface area contributed by atoms with Crippen molar-refractivity contribution in [1.82, 2.24) is 9.80 Å². The summed E-state index contributed by atoms with van der Waals surface area (Å²) in [6, 6.07) is -0.944. The molecule has 0 heterocycles. The summed E-state index contributed by atoms with van der Waals surface area (Å²) in [7, 11) is -5.78. The Morgan fingerprint density at radius 1 is 1.00 bits per heavy atom. The summed E-state index contributed by atoms with van der Waals surface area (Å²) in [4.78, 5) is 28.4. The molecule has 0 N–H and O–H groups in total. The smallest absolute Gasteiger partial charge is 0.381 e. The molecule has 2 fully saturated rings. The first-order valence-corrected chi connectivity index (χ1v) is 15.8. The minimum absolute atomic E-state index is 0.00310. The summed E-state index contributed by atoms with van der Waals surface area (Å²) in [5.74, 6) is -1.63. The molecule has 0 radical (unpaired) electrons. The van der Waals surface area contributed by atoms with Crippen LogP contribution in [0.4, 0.5) is 31.1 Å². The van der Waals surface area contributed by atoms with Gasteiger partial charge in [0, 0.05) is 25.4 Å². The van der Waals surface area contributed by atoms with Crippen molar-refractivity contribution in [3.63, 3.8) is 0 Å². The first-order valence-electron chi connectivity index (χ1n) is 14.4. The van der Waals surface area contributed by atoms with Crippen LogP contribution in [-0.2, 0) is 19.1 Å². The van der Waals surface area contributed by atoms with Gasteiger partial charge >= 0.3 is 27.8 Å². The Morgan fingerprint density at radius 3 is 2.21 bits per heavy atom. The second-order valence-electron chi connectivity index (χ2n) is 12.5. The number of carbonyl (C=O) groups excluding carboxylic acids is 2.